The van der Waals surface area contributed by atoms with Crippen LogP contribution in [0.2, 0.25) is 5.02 Å². The van der Waals surface area contributed by atoms with Crippen molar-refractivity contribution < 1.29 is 19.1 Å². The molecule has 9 heteroatoms. The summed E-state index contributed by atoms with van der Waals surface area (Å²) in [6.45, 7) is 1.79. The van der Waals surface area contributed by atoms with Gasteiger partial charge in [-0.2, -0.15) is 0 Å². The smallest absolute Gasteiger partial charge is 0.248 e. The lowest BCUT2D eigenvalue weighted by Gasteiger charge is -2.27. The van der Waals surface area contributed by atoms with Crippen LogP contribution in [0.5, 0.6) is 11.5 Å². The number of amides is 2. The Labute approximate surface area is 150 Å². The summed E-state index contributed by atoms with van der Waals surface area (Å²) in [7, 11) is 2.99. The molecule has 2 heterocycles. The van der Waals surface area contributed by atoms with E-state index in [-0.39, 0.29) is 11.8 Å². The number of anilines is 1. The standard InChI is InChI=1S/C16H19ClN4O4/c1-8-7-21-12(16(23)18-8)5-11(20-21)15(22)19-10-4-9(17)13(24-2)6-14(10)25-3/h4,6-7,11-12,20H,5H2,1-3H3,(H,18,23)(H,19,22). The molecular weight excluding hydrogens is 348 g/mol. The third-order valence-corrected chi connectivity index (χ3v) is 4.40. The molecule has 1 aromatic carbocycles. The number of nitrogens with zero attached hydrogens (tertiary/aromatic N) is 1. The van der Waals surface area contributed by atoms with Crippen molar-refractivity contribution in [3.05, 3.63) is 29.1 Å². The maximum atomic E-state index is 12.6. The molecule has 2 atom stereocenters. The van der Waals surface area contributed by atoms with Crippen molar-refractivity contribution in [1.82, 2.24) is 15.8 Å². The van der Waals surface area contributed by atoms with E-state index in [1.54, 1.807) is 30.3 Å². The Morgan fingerprint density at radius 2 is 2.04 bits per heavy atom. The van der Waals surface area contributed by atoms with Crippen LogP contribution in [0.3, 0.4) is 0 Å². The quantitative estimate of drug-likeness (QED) is 0.742. The normalized spacial score (nSPS) is 22.0. The molecule has 0 spiro atoms. The number of benzene rings is 1. The van der Waals surface area contributed by atoms with Gasteiger partial charge in [0.15, 0.2) is 0 Å². The average Bonchev–Trinajstić information content (AvgIpc) is 2.99. The van der Waals surface area contributed by atoms with E-state index < -0.39 is 12.1 Å². The first-order valence-corrected chi connectivity index (χ1v) is 8.07. The molecule has 2 amide bonds. The fourth-order valence-corrected chi connectivity index (χ4v) is 3.12. The van der Waals surface area contributed by atoms with Crippen LogP contribution in [0.1, 0.15) is 13.3 Å². The number of nitrogens with one attached hydrogen (secondary N) is 3. The monoisotopic (exact) mass is 366 g/mol. The first-order valence-electron chi connectivity index (χ1n) is 7.69. The van der Waals surface area contributed by atoms with Crippen LogP contribution in [0.15, 0.2) is 24.0 Å². The molecule has 0 bridgehead atoms. The fraction of sp³-hybridized carbons (Fsp3) is 0.375. The molecule has 0 aliphatic carbocycles. The predicted molar refractivity (Wildman–Crippen MR) is 92.3 cm³/mol. The summed E-state index contributed by atoms with van der Waals surface area (Å²) in [5.41, 5.74) is 4.19. The topological polar surface area (TPSA) is 91.9 Å². The van der Waals surface area contributed by atoms with E-state index in [2.05, 4.69) is 16.1 Å². The molecule has 3 rings (SSSR count). The van der Waals surface area contributed by atoms with Gasteiger partial charge in [-0.05, 0) is 13.0 Å². The average molecular weight is 367 g/mol. The summed E-state index contributed by atoms with van der Waals surface area (Å²) < 4.78 is 10.4. The number of methoxy groups -OCH3 is 2. The zero-order chi connectivity index (χ0) is 18.1. The molecule has 0 aromatic heterocycles. The van der Waals surface area contributed by atoms with Crippen molar-refractivity contribution in [2.45, 2.75) is 25.4 Å². The van der Waals surface area contributed by atoms with Gasteiger partial charge in [0.2, 0.25) is 11.8 Å². The molecule has 0 saturated carbocycles. The fourth-order valence-electron chi connectivity index (χ4n) is 2.88. The number of hydrogen-bond acceptors (Lipinski definition) is 6. The molecule has 2 aliphatic rings. The molecule has 2 aliphatic heterocycles. The Hall–Kier alpha value is -2.45. The van der Waals surface area contributed by atoms with Crippen LogP contribution in [0.4, 0.5) is 5.69 Å². The van der Waals surface area contributed by atoms with Gasteiger partial charge >= 0.3 is 0 Å². The number of allylic oxidation sites excluding steroid dienone is 1. The van der Waals surface area contributed by atoms with E-state index in [0.29, 0.717) is 28.6 Å². The van der Waals surface area contributed by atoms with Crippen LogP contribution in [-0.4, -0.2) is 43.1 Å². The van der Waals surface area contributed by atoms with E-state index in [1.165, 1.54) is 14.2 Å². The number of carbonyl (C=O) groups is 2. The minimum absolute atomic E-state index is 0.132. The van der Waals surface area contributed by atoms with Crippen LogP contribution >= 0.6 is 11.6 Å². The second-order valence-electron chi connectivity index (χ2n) is 5.82. The third kappa shape index (κ3) is 3.35. The Morgan fingerprint density at radius 3 is 2.72 bits per heavy atom. The SMILES string of the molecule is COc1cc(OC)c(NC(=O)C2CC3C(=O)NC(C)=CN3N2)cc1Cl. The number of carbonyl (C=O) groups excluding carboxylic acids is 2. The summed E-state index contributed by atoms with van der Waals surface area (Å²) in [6.07, 6.45) is 2.12. The molecule has 1 aromatic rings. The van der Waals surface area contributed by atoms with Gasteiger partial charge in [0.25, 0.3) is 0 Å². The Kier molecular flexibility index (Phi) is 4.73. The molecule has 2 unspecified atom stereocenters. The van der Waals surface area contributed by atoms with Crippen molar-refractivity contribution >= 4 is 29.1 Å². The van der Waals surface area contributed by atoms with Crippen molar-refractivity contribution in [3.63, 3.8) is 0 Å². The van der Waals surface area contributed by atoms with E-state index in [9.17, 15) is 9.59 Å². The lowest BCUT2D eigenvalue weighted by Crippen LogP contribution is -2.48. The maximum Gasteiger partial charge on any atom is 0.248 e. The van der Waals surface area contributed by atoms with E-state index in [0.717, 1.165) is 5.70 Å². The van der Waals surface area contributed by atoms with Crippen molar-refractivity contribution in [1.29, 1.82) is 0 Å². The lowest BCUT2D eigenvalue weighted by atomic mass is 10.1. The van der Waals surface area contributed by atoms with E-state index in [1.807, 2.05) is 0 Å². The van der Waals surface area contributed by atoms with Crippen molar-refractivity contribution in [2.75, 3.05) is 19.5 Å². The first-order chi connectivity index (χ1) is 11.9. The van der Waals surface area contributed by atoms with Gasteiger partial charge in [-0.25, -0.2) is 5.43 Å². The minimum Gasteiger partial charge on any atom is -0.495 e. The van der Waals surface area contributed by atoms with Gasteiger partial charge in [0.05, 0.1) is 24.9 Å². The molecule has 25 heavy (non-hydrogen) atoms. The maximum absolute atomic E-state index is 12.6. The predicted octanol–water partition coefficient (Wildman–Crippen LogP) is 1.23. The van der Waals surface area contributed by atoms with E-state index >= 15 is 0 Å². The highest BCUT2D eigenvalue weighted by molar-refractivity contribution is 6.32. The largest absolute Gasteiger partial charge is 0.495 e. The van der Waals surface area contributed by atoms with Gasteiger partial charge in [0, 0.05) is 24.4 Å². The summed E-state index contributed by atoms with van der Waals surface area (Å²) in [4.78, 5) is 24.6. The summed E-state index contributed by atoms with van der Waals surface area (Å²) in [5, 5.41) is 7.56. The van der Waals surface area contributed by atoms with Crippen molar-refractivity contribution in [2.24, 2.45) is 0 Å². The van der Waals surface area contributed by atoms with Crippen LogP contribution in [-0.2, 0) is 9.59 Å². The van der Waals surface area contributed by atoms with Gasteiger partial charge in [0.1, 0.15) is 23.6 Å². The van der Waals surface area contributed by atoms with Crippen LogP contribution in [0.25, 0.3) is 0 Å². The zero-order valence-corrected chi connectivity index (χ0v) is 14.8. The van der Waals surface area contributed by atoms with Gasteiger partial charge in [-0.3, -0.25) is 9.59 Å². The number of hydrogen-bond donors (Lipinski definition) is 3. The second-order valence-corrected chi connectivity index (χ2v) is 6.23. The van der Waals surface area contributed by atoms with Crippen molar-refractivity contribution in [3.8, 4) is 11.5 Å². The Morgan fingerprint density at radius 1 is 1.32 bits per heavy atom. The highest BCUT2D eigenvalue weighted by Crippen LogP contribution is 2.36. The second kappa shape index (κ2) is 6.81. The summed E-state index contributed by atoms with van der Waals surface area (Å²) >= 11 is 6.12. The molecule has 0 radical (unpaired) electrons. The highest BCUT2D eigenvalue weighted by atomic mass is 35.5. The van der Waals surface area contributed by atoms with Gasteiger partial charge < -0.3 is 25.1 Å². The molecule has 1 saturated heterocycles. The van der Waals surface area contributed by atoms with Gasteiger partial charge in [-0.1, -0.05) is 11.6 Å². The molecule has 8 nitrogen and oxygen atoms in total. The number of fused-ring (bicyclic) bond motifs is 1. The number of halogens is 1. The lowest BCUT2D eigenvalue weighted by molar-refractivity contribution is -0.125. The molecular formula is C16H19ClN4O4. The van der Waals surface area contributed by atoms with Gasteiger partial charge in [-0.15, -0.1) is 0 Å². The number of ether oxygens (including phenoxy) is 2. The Bertz CT molecular complexity index is 752. The molecule has 134 valence electrons. The first kappa shape index (κ1) is 17.4. The number of rotatable bonds is 4. The van der Waals surface area contributed by atoms with Crippen LogP contribution < -0.4 is 25.5 Å². The minimum atomic E-state index is -0.552. The molecule has 1 fully saturated rings. The third-order valence-electron chi connectivity index (χ3n) is 4.10. The number of hydrazine groups is 1. The van der Waals surface area contributed by atoms with E-state index in [4.69, 9.17) is 21.1 Å². The summed E-state index contributed by atoms with van der Waals surface area (Å²) in [6, 6.07) is 2.20. The summed E-state index contributed by atoms with van der Waals surface area (Å²) in [5.74, 6) is 0.462. The zero-order valence-electron chi connectivity index (χ0n) is 14.1. The highest BCUT2D eigenvalue weighted by Gasteiger charge is 2.40. The Balaban J connectivity index is 1.75. The van der Waals surface area contributed by atoms with Crippen LogP contribution in [0, 0.1) is 0 Å². The molecule has 3 N–H and O–H groups in total.